The van der Waals surface area contributed by atoms with Crippen molar-refractivity contribution in [3.8, 4) is 0 Å². The lowest BCUT2D eigenvalue weighted by molar-refractivity contribution is 0.0828. The molecule has 0 amide bonds. The van der Waals surface area contributed by atoms with E-state index in [-0.39, 0.29) is 25.0 Å². The van der Waals surface area contributed by atoms with Crippen LogP contribution in [0.15, 0.2) is 0 Å². The van der Waals surface area contributed by atoms with Crippen LogP contribution < -0.4 is 0 Å². The van der Waals surface area contributed by atoms with Crippen molar-refractivity contribution in [2.75, 3.05) is 54.5 Å². The highest BCUT2D eigenvalue weighted by molar-refractivity contribution is 4.73. The van der Waals surface area contributed by atoms with Gasteiger partial charge in [-0.25, -0.2) is 0 Å². The minimum atomic E-state index is 0.136. The third-order valence-electron chi connectivity index (χ3n) is 2.33. The van der Waals surface area contributed by atoms with Crippen LogP contribution in [0.3, 0.4) is 0 Å². The molecule has 0 radical (unpaired) electrons. The molecule has 0 spiro atoms. The molecule has 4 nitrogen and oxygen atoms in total. The summed E-state index contributed by atoms with van der Waals surface area (Å²) in [5, 5.41) is 18.5. The molecular formula is C10H24N2O2. The maximum Gasteiger partial charge on any atom is 0.0475 e. The van der Waals surface area contributed by atoms with Crippen molar-refractivity contribution in [1.82, 2.24) is 9.80 Å². The van der Waals surface area contributed by atoms with Crippen molar-refractivity contribution in [3.63, 3.8) is 0 Å². The minimum Gasteiger partial charge on any atom is -0.396 e. The molecule has 0 aromatic heterocycles. The fourth-order valence-corrected chi connectivity index (χ4v) is 1.65. The first-order chi connectivity index (χ1) is 6.51. The van der Waals surface area contributed by atoms with Crippen LogP contribution in [0.2, 0.25) is 0 Å². The lowest BCUT2D eigenvalue weighted by atomic mass is 9.93. The zero-order valence-corrected chi connectivity index (χ0v) is 9.77. The van der Waals surface area contributed by atoms with Crippen LogP contribution >= 0.6 is 0 Å². The lowest BCUT2D eigenvalue weighted by Gasteiger charge is -2.28. The van der Waals surface area contributed by atoms with Crippen molar-refractivity contribution in [2.45, 2.75) is 0 Å². The molecule has 0 fully saturated rings. The molecule has 0 aromatic rings. The molecule has 0 bridgehead atoms. The summed E-state index contributed by atoms with van der Waals surface area (Å²) in [6, 6.07) is 0. The van der Waals surface area contributed by atoms with Crippen LogP contribution in [0.4, 0.5) is 0 Å². The zero-order chi connectivity index (χ0) is 11.1. The molecule has 2 atom stereocenters. The minimum absolute atomic E-state index is 0.136. The normalized spacial score (nSPS) is 16.3. The predicted octanol–water partition coefficient (Wildman–Crippen LogP) is -0.673. The van der Waals surface area contributed by atoms with Gasteiger partial charge in [-0.3, -0.25) is 0 Å². The molecule has 2 N–H and O–H groups in total. The van der Waals surface area contributed by atoms with E-state index in [2.05, 4.69) is 0 Å². The van der Waals surface area contributed by atoms with E-state index in [0.29, 0.717) is 0 Å². The summed E-state index contributed by atoms with van der Waals surface area (Å²) >= 11 is 0. The van der Waals surface area contributed by atoms with E-state index in [0.717, 1.165) is 13.1 Å². The van der Waals surface area contributed by atoms with Crippen LogP contribution in [-0.4, -0.2) is 74.5 Å². The van der Waals surface area contributed by atoms with E-state index in [1.165, 1.54) is 0 Å². The third-order valence-corrected chi connectivity index (χ3v) is 2.33. The Labute approximate surface area is 87.1 Å². The van der Waals surface area contributed by atoms with Gasteiger partial charge in [0.2, 0.25) is 0 Å². The Balaban J connectivity index is 4.14. The van der Waals surface area contributed by atoms with Crippen LogP contribution in [0, 0.1) is 11.8 Å². The summed E-state index contributed by atoms with van der Waals surface area (Å²) in [4.78, 5) is 4.08. The summed E-state index contributed by atoms with van der Waals surface area (Å²) in [6.07, 6.45) is 0. The average Bonchev–Trinajstić information content (AvgIpc) is 2.10. The summed E-state index contributed by atoms with van der Waals surface area (Å²) in [6.45, 7) is 1.90. The predicted molar refractivity (Wildman–Crippen MR) is 58.3 cm³/mol. The number of hydrogen-bond donors (Lipinski definition) is 2. The van der Waals surface area contributed by atoms with E-state index in [4.69, 9.17) is 0 Å². The quantitative estimate of drug-likeness (QED) is 0.577. The van der Waals surface area contributed by atoms with Gasteiger partial charge in [0.15, 0.2) is 0 Å². The fourth-order valence-electron chi connectivity index (χ4n) is 1.65. The van der Waals surface area contributed by atoms with Gasteiger partial charge in [-0.15, -0.1) is 0 Å². The molecule has 2 unspecified atom stereocenters. The maximum absolute atomic E-state index is 9.23. The van der Waals surface area contributed by atoms with E-state index < -0.39 is 0 Å². The molecule has 0 aromatic carbocycles. The lowest BCUT2D eigenvalue weighted by Crippen LogP contribution is -2.37. The van der Waals surface area contributed by atoms with Gasteiger partial charge in [-0.1, -0.05) is 0 Å². The molecule has 4 heteroatoms. The Bertz CT molecular complexity index is 124. The third kappa shape index (κ3) is 5.54. The Kier molecular flexibility index (Phi) is 7.09. The maximum atomic E-state index is 9.23. The Morgan fingerprint density at radius 1 is 0.786 bits per heavy atom. The standard InChI is InChI=1S/C10H24N2O2/c1-11(2)5-9(7-13)10(8-14)6-12(3)4/h9-10,13-14H,5-8H2,1-4H3. The number of aliphatic hydroxyl groups is 2. The Morgan fingerprint density at radius 3 is 1.21 bits per heavy atom. The number of rotatable bonds is 7. The second-order valence-corrected chi connectivity index (χ2v) is 4.41. The van der Waals surface area contributed by atoms with Gasteiger partial charge in [0, 0.05) is 38.1 Å². The Morgan fingerprint density at radius 2 is 1.07 bits per heavy atom. The van der Waals surface area contributed by atoms with Gasteiger partial charge in [-0.2, -0.15) is 0 Å². The number of hydrogen-bond acceptors (Lipinski definition) is 4. The smallest absolute Gasteiger partial charge is 0.0475 e. The van der Waals surface area contributed by atoms with Gasteiger partial charge >= 0.3 is 0 Å². The summed E-state index contributed by atoms with van der Waals surface area (Å²) in [7, 11) is 7.92. The molecule has 0 saturated heterocycles. The highest BCUT2D eigenvalue weighted by atomic mass is 16.3. The topological polar surface area (TPSA) is 46.9 Å². The molecule has 0 rings (SSSR count). The monoisotopic (exact) mass is 204 g/mol. The van der Waals surface area contributed by atoms with Gasteiger partial charge in [0.05, 0.1) is 0 Å². The molecule has 86 valence electrons. The van der Waals surface area contributed by atoms with Gasteiger partial charge in [0.25, 0.3) is 0 Å². The average molecular weight is 204 g/mol. The van der Waals surface area contributed by atoms with E-state index >= 15 is 0 Å². The molecule has 0 aliphatic heterocycles. The van der Waals surface area contributed by atoms with Gasteiger partial charge in [-0.05, 0) is 28.2 Å². The second-order valence-electron chi connectivity index (χ2n) is 4.41. The van der Waals surface area contributed by atoms with Crippen molar-refractivity contribution in [1.29, 1.82) is 0 Å². The first kappa shape index (κ1) is 13.8. The van der Waals surface area contributed by atoms with Crippen molar-refractivity contribution >= 4 is 0 Å². The molecule has 0 aliphatic carbocycles. The van der Waals surface area contributed by atoms with Crippen LogP contribution in [0.5, 0.6) is 0 Å². The highest BCUT2D eigenvalue weighted by Gasteiger charge is 2.21. The number of aliphatic hydroxyl groups excluding tert-OH is 2. The summed E-state index contributed by atoms with van der Waals surface area (Å²) in [5.74, 6) is 0.301. The van der Waals surface area contributed by atoms with Crippen molar-refractivity contribution in [3.05, 3.63) is 0 Å². The largest absolute Gasteiger partial charge is 0.396 e. The van der Waals surface area contributed by atoms with E-state index in [1.807, 2.05) is 38.0 Å². The van der Waals surface area contributed by atoms with Crippen molar-refractivity contribution < 1.29 is 10.2 Å². The molecular weight excluding hydrogens is 180 g/mol. The SMILES string of the molecule is CN(C)CC(CO)C(CO)CN(C)C. The van der Waals surface area contributed by atoms with Gasteiger partial charge in [0.1, 0.15) is 0 Å². The first-order valence-corrected chi connectivity index (χ1v) is 5.02. The molecule has 14 heavy (non-hydrogen) atoms. The van der Waals surface area contributed by atoms with E-state index in [1.54, 1.807) is 0 Å². The molecule has 0 aliphatic rings. The van der Waals surface area contributed by atoms with E-state index in [9.17, 15) is 10.2 Å². The summed E-state index contributed by atoms with van der Waals surface area (Å²) in [5.41, 5.74) is 0. The number of nitrogens with zero attached hydrogens (tertiary/aromatic N) is 2. The first-order valence-electron chi connectivity index (χ1n) is 5.02. The van der Waals surface area contributed by atoms with Crippen molar-refractivity contribution in [2.24, 2.45) is 11.8 Å². The second kappa shape index (κ2) is 7.17. The fraction of sp³-hybridized carbons (Fsp3) is 1.00. The van der Waals surface area contributed by atoms with Gasteiger partial charge < -0.3 is 20.0 Å². The molecule has 0 saturated carbocycles. The highest BCUT2D eigenvalue weighted by Crippen LogP contribution is 2.12. The van der Waals surface area contributed by atoms with Crippen LogP contribution in [0.25, 0.3) is 0 Å². The molecule has 0 heterocycles. The Hall–Kier alpha value is -0.160. The van der Waals surface area contributed by atoms with Crippen LogP contribution in [0.1, 0.15) is 0 Å². The summed E-state index contributed by atoms with van der Waals surface area (Å²) < 4.78 is 0. The zero-order valence-electron chi connectivity index (χ0n) is 9.77. The van der Waals surface area contributed by atoms with Crippen LogP contribution in [-0.2, 0) is 0 Å².